The molecule has 0 spiro atoms. The summed E-state index contributed by atoms with van der Waals surface area (Å²) < 4.78 is 5.42. The number of hydrogen-bond acceptors (Lipinski definition) is 3. The summed E-state index contributed by atoms with van der Waals surface area (Å²) in [5, 5.41) is 7.38. The van der Waals surface area contributed by atoms with Gasteiger partial charge in [0, 0.05) is 24.4 Å². The second kappa shape index (κ2) is 6.43. The molecule has 1 aliphatic carbocycles. The summed E-state index contributed by atoms with van der Waals surface area (Å²) in [4.78, 5) is 11.9. The van der Waals surface area contributed by atoms with Crippen LogP contribution in [0.25, 0.3) is 0 Å². The van der Waals surface area contributed by atoms with Crippen molar-refractivity contribution in [1.82, 2.24) is 10.5 Å². The first-order valence-electron chi connectivity index (χ1n) is 8.45. The third kappa shape index (κ3) is 3.71. The maximum atomic E-state index is 11.9. The van der Waals surface area contributed by atoms with Crippen LogP contribution in [-0.2, 0) is 17.6 Å². The molecule has 22 heavy (non-hydrogen) atoms. The zero-order valence-electron chi connectivity index (χ0n) is 14.8. The molecular weight excluding hydrogens is 276 g/mol. The Hall–Kier alpha value is -1.32. The molecule has 0 aliphatic heterocycles. The van der Waals surface area contributed by atoms with Crippen molar-refractivity contribution in [1.29, 1.82) is 0 Å². The fourth-order valence-electron chi connectivity index (χ4n) is 3.15. The van der Waals surface area contributed by atoms with Crippen LogP contribution in [0.1, 0.15) is 59.4 Å². The second-order valence-corrected chi connectivity index (χ2v) is 8.06. The molecule has 1 saturated carbocycles. The lowest BCUT2D eigenvalue weighted by molar-refractivity contribution is -0.128. The Morgan fingerprint density at radius 1 is 1.41 bits per heavy atom. The van der Waals surface area contributed by atoms with E-state index in [1.807, 2.05) is 13.8 Å². The van der Waals surface area contributed by atoms with E-state index in [1.54, 1.807) is 0 Å². The van der Waals surface area contributed by atoms with Gasteiger partial charge in [0.25, 0.3) is 0 Å². The van der Waals surface area contributed by atoms with Gasteiger partial charge in [-0.05, 0) is 30.1 Å². The number of nitrogens with zero attached hydrogens (tertiary/aromatic N) is 1. The minimum atomic E-state index is 0.0454. The Labute approximate surface area is 134 Å². The molecule has 1 fully saturated rings. The number of amides is 1. The van der Waals surface area contributed by atoms with Crippen LogP contribution >= 0.6 is 0 Å². The fourth-order valence-corrected chi connectivity index (χ4v) is 3.15. The van der Waals surface area contributed by atoms with E-state index < -0.39 is 0 Å². The largest absolute Gasteiger partial charge is 0.361 e. The number of hydrogen-bond donors (Lipinski definition) is 1. The van der Waals surface area contributed by atoms with Gasteiger partial charge in [-0.1, -0.05) is 46.7 Å². The lowest BCUT2D eigenvalue weighted by atomic mass is 9.57. The van der Waals surface area contributed by atoms with Gasteiger partial charge in [0.15, 0.2) is 0 Å². The second-order valence-electron chi connectivity index (χ2n) is 8.06. The molecular formula is C18H30N2O2. The molecule has 2 rings (SSSR count). The minimum Gasteiger partial charge on any atom is -0.361 e. The van der Waals surface area contributed by atoms with Crippen LogP contribution in [0.15, 0.2) is 10.6 Å². The maximum absolute atomic E-state index is 11.9. The molecule has 1 aromatic heterocycles. The molecule has 4 heteroatoms. The van der Waals surface area contributed by atoms with E-state index in [2.05, 4.69) is 44.2 Å². The quantitative estimate of drug-likeness (QED) is 0.873. The van der Waals surface area contributed by atoms with Gasteiger partial charge >= 0.3 is 0 Å². The van der Waals surface area contributed by atoms with E-state index in [4.69, 9.17) is 4.52 Å². The van der Waals surface area contributed by atoms with Crippen molar-refractivity contribution in [3.63, 3.8) is 0 Å². The summed E-state index contributed by atoms with van der Waals surface area (Å²) in [6, 6.07) is 2.37. The zero-order valence-corrected chi connectivity index (χ0v) is 14.8. The smallest absolute Gasteiger partial charge is 0.222 e. The minimum absolute atomic E-state index is 0.0454. The van der Waals surface area contributed by atoms with Gasteiger partial charge in [-0.2, -0.15) is 0 Å². The van der Waals surface area contributed by atoms with Crippen molar-refractivity contribution in [3.05, 3.63) is 17.5 Å². The molecule has 1 heterocycles. The molecule has 4 nitrogen and oxygen atoms in total. The highest BCUT2D eigenvalue weighted by molar-refractivity contribution is 5.78. The predicted octanol–water partition coefficient (Wildman–Crippen LogP) is 3.60. The van der Waals surface area contributed by atoms with Crippen LogP contribution < -0.4 is 5.32 Å². The summed E-state index contributed by atoms with van der Waals surface area (Å²) in [5.41, 5.74) is 1.16. The highest BCUT2D eigenvalue weighted by atomic mass is 16.5. The summed E-state index contributed by atoms with van der Waals surface area (Å²) in [6.07, 6.45) is 2.90. The highest BCUT2D eigenvalue weighted by Gasteiger charge is 2.48. The van der Waals surface area contributed by atoms with Crippen LogP contribution in [0.3, 0.4) is 0 Å². The number of aromatic nitrogens is 1. The SMILES string of the molecule is CC(C)Cc1cc(CC2CC(NC(=O)C(C)C)C2(C)C)no1. The first-order valence-corrected chi connectivity index (χ1v) is 8.45. The van der Waals surface area contributed by atoms with Gasteiger partial charge < -0.3 is 9.84 Å². The Balaban J connectivity index is 1.90. The van der Waals surface area contributed by atoms with Crippen LogP contribution in [-0.4, -0.2) is 17.1 Å². The molecule has 1 aromatic rings. The first-order chi connectivity index (χ1) is 10.2. The van der Waals surface area contributed by atoms with Crippen LogP contribution in [0.5, 0.6) is 0 Å². The Morgan fingerprint density at radius 3 is 2.64 bits per heavy atom. The first kappa shape index (κ1) is 17.0. The normalized spacial score (nSPS) is 23.6. The van der Waals surface area contributed by atoms with Gasteiger partial charge in [0.05, 0.1) is 5.69 Å². The van der Waals surface area contributed by atoms with Crippen molar-refractivity contribution in [2.24, 2.45) is 23.2 Å². The van der Waals surface area contributed by atoms with E-state index in [1.165, 1.54) is 0 Å². The van der Waals surface area contributed by atoms with E-state index in [-0.39, 0.29) is 23.3 Å². The lowest BCUT2D eigenvalue weighted by Gasteiger charge is -2.52. The molecule has 0 bridgehead atoms. The van der Waals surface area contributed by atoms with Crippen molar-refractivity contribution < 1.29 is 9.32 Å². The van der Waals surface area contributed by atoms with Crippen molar-refractivity contribution in [2.75, 3.05) is 0 Å². The van der Waals surface area contributed by atoms with Gasteiger partial charge in [0.2, 0.25) is 5.91 Å². The van der Waals surface area contributed by atoms with Gasteiger partial charge in [-0.3, -0.25) is 4.79 Å². The lowest BCUT2D eigenvalue weighted by Crippen LogP contribution is -2.59. The molecule has 1 amide bonds. The third-order valence-electron chi connectivity index (χ3n) is 4.98. The predicted molar refractivity (Wildman–Crippen MR) is 87.4 cm³/mol. The zero-order chi connectivity index (χ0) is 16.5. The number of carbonyl (C=O) groups excluding carboxylic acids is 1. The molecule has 0 radical (unpaired) electrons. The molecule has 1 N–H and O–H groups in total. The van der Waals surface area contributed by atoms with Crippen molar-refractivity contribution >= 4 is 5.91 Å². The van der Waals surface area contributed by atoms with Crippen LogP contribution in [0.4, 0.5) is 0 Å². The average Bonchev–Trinajstić information content (AvgIpc) is 2.83. The Bertz CT molecular complexity index is 517. The molecule has 0 aromatic carbocycles. The number of rotatable bonds is 6. The average molecular weight is 306 g/mol. The monoisotopic (exact) mass is 306 g/mol. The summed E-state index contributed by atoms with van der Waals surface area (Å²) in [5.74, 6) is 2.30. The topological polar surface area (TPSA) is 55.1 Å². The van der Waals surface area contributed by atoms with Gasteiger partial charge in [-0.25, -0.2) is 0 Å². The summed E-state index contributed by atoms with van der Waals surface area (Å²) >= 11 is 0. The Kier molecular flexibility index (Phi) is 4.98. The molecule has 2 atom stereocenters. The third-order valence-corrected chi connectivity index (χ3v) is 4.98. The Morgan fingerprint density at radius 2 is 2.09 bits per heavy atom. The fraction of sp³-hybridized carbons (Fsp3) is 0.778. The van der Waals surface area contributed by atoms with E-state index in [0.29, 0.717) is 11.8 Å². The summed E-state index contributed by atoms with van der Waals surface area (Å²) in [7, 11) is 0. The van der Waals surface area contributed by atoms with E-state index in [9.17, 15) is 4.79 Å². The van der Waals surface area contributed by atoms with E-state index >= 15 is 0 Å². The van der Waals surface area contributed by atoms with Gasteiger partial charge in [0.1, 0.15) is 5.76 Å². The summed E-state index contributed by atoms with van der Waals surface area (Å²) in [6.45, 7) is 12.7. The molecule has 2 unspecified atom stereocenters. The maximum Gasteiger partial charge on any atom is 0.222 e. The van der Waals surface area contributed by atoms with Crippen molar-refractivity contribution in [2.45, 2.75) is 66.8 Å². The highest BCUT2D eigenvalue weighted by Crippen LogP contribution is 2.47. The van der Waals surface area contributed by atoms with Crippen LogP contribution in [0.2, 0.25) is 0 Å². The number of nitrogens with one attached hydrogen (secondary N) is 1. The molecule has 1 aliphatic rings. The standard InChI is InChI=1S/C18H30N2O2/c1-11(2)7-15-10-14(20-22-15)8-13-9-16(18(13,5)6)19-17(21)12(3)4/h10-13,16H,7-9H2,1-6H3,(H,19,21). The van der Waals surface area contributed by atoms with Crippen molar-refractivity contribution in [3.8, 4) is 0 Å². The van der Waals surface area contributed by atoms with Gasteiger partial charge in [-0.15, -0.1) is 0 Å². The van der Waals surface area contributed by atoms with Crippen LogP contribution in [0, 0.1) is 23.2 Å². The number of carbonyl (C=O) groups is 1. The molecule has 0 saturated heterocycles. The molecule has 124 valence electrons. The van der Waals surface area contributed by atoms with E-state index in [0.717, 1.165) is 30.7 Å².